The van der Waals surface area contributed by atoms with Crippen molar-refractivity contribution in [3.8, 4) is 22.9 Å². The van der Waals surface area contributed by atoms with E-state index in [2.05, 4.69) is 10.1 Å². The zero-order chi connectivity index (χ0) is 17.1. The summed E-state index contributed by atoms with van der Waals surface area (Å²) < 4.78 is 17.2. The van der Waals surface area contributed by atoms with E-state index in [0.717, 1.165) is 48.6 Å². The van der Waals surface area contributed by atoms with E-state index in [9.17, 15) is 0 Å². The molecule has 0 bridgehead atoms. The van der Waals surface area contributed by atoms with Gasteiger partial charge < -0.3 is 14.0 Å². The van der Waals surface area contributed by atoms with Gasteiger partial charge in [-0.3, -0.25) is 0 Å². The third-order valence-corrected chi connectivity index (χ3v) is 5.41. The third-order valence-electron chi connectivity index (χ3n) is 5.41. The van der Waals surface area contributed by atoms with Crippen LogP contribution in [0.5, 0.6) is 11.5 Å². The molecule has 2 aliphatic carbocycles. The normalized spacial score (nSPS) is 19.2. The summed E-state index contributed by atoms with van der Waals surface area (Å²) in [6.07, 6.45) is 11.1. The molecule has 0 saturated heterocycles. The number of ether oxygens (including phenoxy) is 2. The predicted molar refractivity (Wildman–Crippen MR) is 95.0 cm³/mol. The zero-order valence-electron chi connectivity index (χ0n) is 14.9. The van der Waals surface area contributed by atoms with Gasteiger partial charge in [0.25, 0.3) is 0 Å². The van der Waals surface area contributed by atoms with Crippen LogP contribution in [0.4, 0.5) is 0 Å². The van der Waals surface area contributed by atoms with Gasteiger partial charge in [0.1, 0.15) is 0 Å². The Labute approximate surface area is 148 Å². The topological polar surface area (TPSA) is 57.4 Å². The molecule has 0 spiro atoms. The fourth-order valence-electron chi connectivity index (χ4n) is 3.96. The average Bonchev–Trinajstić information content (AvgIpc) is 3.34. The molecule has 0 unspecified atom stereocenters. The number of benzene rings is 1. The first-order chi connectivity index (χ1) is 12.3. The van der Waals surface area contributed by atoms with E-state index < -0.39 is 0 Å². The molecule has 0 radical (unpaired) electrons. The van der Waals surface area contributed by atoms with E-state index in [1.165, 1.54) is 32.1 Å². The van der Waals surface area contributed by atoms with Crippen LogP contribution in [0.15, 0.2) is 22.7 Å². The quantitative estimate of drug-likeness (QED) is 0.755. The molecule has 1 aromatic heterocycles. The molecular formula is C20H26N2O3. The van der Waals surface area contributed by atoms with E-state index in [4.69, 9.17) is 14.0 Å². The van der Waals surface area contributed by atoms with Crippen LogP contribution in [0.25, 0.3) is 11.4 Å². The number of nitrogens with zero attached hydrogens (tertiary/aromatic N) is 2. The van der Waals surface area contributed by atoms with Gasteiger partial charge in [-0.05, 0) is 56.7 Å². The summed E-state index contributed by atoms with van der Waals surface area (Å²) in [5.74, 6) is 3.37. The van der Waals surface area contributed by atoms with Gasteiger partial charge in [-0.25, -0.2) is 0 Å². The van der Waals surface area contributed by atoms with Crippen molar-refractivity contribution in [2.45, 2.75) is 69.8 Å². The second-order valence-electron chi connectivity index (χ2n) is 7.18. The van der Waals surface area contributed by atoms with Crippen molar-refractivity contribution in [3.05, 3.63) is 24.1 Å². The monoisotopic (exact) mass is 342 g/mol. The van der Waals surface area contributed by atoms with Crippen LogP contribution in [0.2, 0.25) is 0 Å². The van der Waals surface area contributed by atoms with E-state index >= 15 is 0 Å². The van der Waals surface area contributed by atoms with Crippen LogP contribution in [-0.4, -0.2) is 23.4 Å². The fraction of sp³-hybridized carbons (Fsp3) is 0.600. The highest BCUT2D eigenvalue weighted by Gasteiger charge is 2.23. The van der Waals surface area contributed by atoms with Gasteiger partial charge in [0.05, 0.1) is 13.2 Å². The SMILES string of the molecule is COc1ccc(-c2noc(C3CCCCC3)n2)cc1OC1CCCC1. The molecule has 5 nitrogen and oxygen atoms in total. The summed E-state index contributed by atoms with van der Waals surface area (Å²) in [5.41, 5.74) is 0.916. The van der Waals surface area contributed by atoms with E-state index in [0.29, 0.717) is 11.7 Å². The average molecular weight is 342 g/mol. The van der Waals surface area contributed by atoms with Gasteiger partial charge in [0.15, 0.2) is 11.5 Å². The van der Waals surface area contributed by atoms with E-state index in [-0.39, 0.29) is 6.10 Å². The molecular weight excluding hydrogens is 316 g/mol. The zero-order valence-corrected chi connectivity index (χ0v) is 14.9. The number of hydrogen-bond donors (Lipinski definition) is 0. The first kappa shape index (κ1) is 16.4. The maximum Gasteiger partial charge on any atom is 0.230 e. The van der Waals surface area contributed by atoms with Crippen molar-refractivity contribution < 1.29 is 14.0 Å². The molecule has 2 aliphatic rings. The molecule has 0 atom stereocenters. The Hall–Kier alpha value is -2.04. The molecule has 0 aliphatic heterocycles. The van der Waals surface area contributed by atoms with Crippen molar-refractivity contribution in [3.63, 3.8) is 0 Å². The summed E-state index contributed by atoms with van der Waals surface area (Å²) >= 11 is 0. The third kappa shape index (κ3) is 3.65. The molecule has 25 heavy (non-hydrogen) atoms. The molecule has 1 aromatic carbocycles. The highest BCUT2D eigenvalue weighted by atomic mass is 16.5. The van der Waals surface area contributed by atoms with Crippen LogP contribution in [0.1, 0.15) is 69.6 Å². The lowest BCUT2D eigenvalue weighted by Crippen LogP contribution is -2.11. The minimum Gasteiger partial charge on any atom is -0.493 e. The van der Waals surface area contributed by atoms with Crippen LogP contribution < -0.4 is 9.47 Å². The van der Waals surface area contributed by atoms with Gasteiger partial charge in [-0.15, -0.1) is 0 Å². The molecule has 134 valence electrons. The fourth-order valence-corrected chi connectivity index (χ4v) is 3.96. The van der Waals surface area contributed by atoms with Gasteiger partial charge >= 0.3 is 0 Å². The lowest BCUT2D eigenvalue weighted by molar-refractivity contribution is 0.201. The molecule has 2 saturated carbocycles. The highest BCUT2D eigenvalue weighted by molar-refractivity contribution is 5.60. The number of rotatable bonds is 5. The van der Waals surface area contributed by atoms with Gasteiger partial charge in [0.2, 0.25) is 11.7 Å². The Morgan fingerprint density at radius 3 is 2.48 bits per heavy atom. The standard InChI is InChI=1S/C20H26N2O3/c1-23-17-12-11-15(13-18(17)24-16-9-5-6-10-16)19-21-20(25-22-19)14-7-3-2-4-8-14/h11-14,16H,2-10H2,1H3. The number of aromatic nitrogens is 2. The molecule has 2 aromatic rings. The Balaban J connectivity index is 1.56. The van der Waals surface area contributed by atoms with E-state index in [1.807, 2.05) is 18.2 Å². The Bertz CT molecular complexity index is 701. The number of hydrogen-bond acceptors (Lipinski definition) is 5. The van der Waals surface area contributed by atoms with Crippen LogP contribution in [0.3, 0.4) is 0 Å². The van der Waals surface area contributed by atoms with Crippen molar-refractivity contribution >= 4 is 0 Å². The van der Waals surface area contributed by atoms with Gasteiger partial charge in [-0.2, -0.15) is 4.98 Å². The second kappa shape index (κ2) is 7.46. The number of methoxy groups -OCH3 is 1. The summed E-state index contributed by atoms with van der Waals surface area (Å²) in [4.78, 5) is 4.66. The van der Waals surface area contributed by atoms with Gasteiger partial charge in [-0.1, -0.05) is 24.4 Å². The van der Waals surface area contributed by atoms with Gasteiger partial charge in [0, 0.05) is 11.5 Å². The minimum atomic E-state index is 0.284. The summed E-state index contributed by atoms with van der Waals surface area (Å²) in [7, 11) is 1.67. The van der Waals surface area contributed by atoms with E-state index in [1.54, 1.807) is 7.11 Å². The lowest BCUT2D eigenvalue weighted by atomic mass is 9.89. The van der Waals surface area contributed by atoms with Crippen LogP contribution in [-0.2, 0) is 0 Å². The summed E-state index contributed by atoms with van der Waals surface area (Å²) in [6.45, 7) is 0. The van der Waals surface area contributed by atoms with Crippen molar-refractivity contribution in [2.75, 3.05) is 7.11 Å². The van der Waals surface area contributed by atoms with Crippen LogP contribution >= 0.6 is 0 Å². The smallest absolute Gasteiger partial charge is 0.230 e. The Morgan fingerprint density at radius 2 is 1.72 bits per heavy atom. The molecule has 1 heterocycles. The molecule has 2 fully saturated rings. The molecule has 4 rings (SSSR count). The Morgan fingerprint density at radius 1 is 0.960 bits per heavy atom. The van der Waals surface area contributed by atoms with Crippen molar-refractivity contribution in [1.29, 1.82) is 0 Å². The maximum absolute atomic E-state index is 6.17. The summed E-state index contributed by atoms with van der Waals surface area (Å²) in [6, 6.07) is 5.87. The lowest BCUT2D eigenvalue weighted by Gasteiger charge is -2.17. The summed E-state index contributed by atoms with van der Waals surface area (Å²) in [5, 5.41) is 4.21. The predicted octanol–water partition coefficient (Wildman–Crippen LogP) is 5.11. The highest BCUT2D eigenvalue weighted by Crippen LogP contribution is 2.36. The first-order valence-corrected chi connectivity index (χ1v) is 9.52. The van der Waals surface area contributed by atoms with Crippen LogP contribution in [0, 0.1) is 0 Å². The minimum absolute atomic E-state index is 0.284. The second-order valence-corrected chi connectivity index (χ2v) is 7.18. The van der Waals surface area contributed by atoms with Crippen molar-refractivity contribution in [2.24, 2.45) is 0 Å². The first-order valence-electron chi connectivity index (χ1n) is 9.52. The maximum atomic E-state index is 6.17. The Kier molecular flexibility index (Phi) is 4.90. The molecule has 0 N–H and O–H groups in total. The largest absolute Gasteiger partial charge is 0.493 e. The molecule has 5 heteroatoms. The molecule has 0 amide bonds. The van der Waals surface area contributed by atoms with Crippen molar-refractivity contribution in [1.82, 2.24) is 10.1 Å².